The number of halogens is 3. The Hall–Kier alpha value is -1.84. The quantitative estimate of drug-likeness (QED) is 0.817. The molecule has 0 fully saturated rings. The molecule has 0 radical (unpaired) electrons. The molecule has 0 aliphatic carbocycles. The van der Waals surface area contributed by atoms with Crippen LogP contribution in [0, 0.1) is 17.2 Å². The Kier molecular flexibility index (Phi) is 3.89. The van der Waals surface area contributed by atoms with Crippen molar-refractivity contribution in [1.82, 2.24) is 10.2 Å². The molecule has 0 amide bonds. The van der Waals surface area contributed by atoms with Crippen LogP contribution in [0.5, 0.6) is 0 Å². The van der Waals surface area contributed by atoms with Crippen molar-refractivity contribution >= 4 is 5.82 Å². The van der Waals surface area contributed by atoms with Gasteiger partial charge in [0.05, 0.1) is 12.0 Å². The first-order valence-electron chi connectivity index (χ1n) is 4.86. The summed E-state index contributed by atoms with van der Waals surface area (Å²) in [6, 6.07) is 4.14. The van der Waals surface area contributed by atoms with Gasteiger partial charge in [-0.2, -0.15) is 18.4 Å². The third-order valence-electron chi connectivity index (χ3n) is 2.10. The van der Waals surface area contributed by atoms with Crippen LogP contribution in [0.2, 0.25) is 0 Å². The van der Waals surface area contributed by atoms with Crippen LogP contribution >= 0.6 is 0 Å². The van der Waals surface area contributed by atoms with Crippen LogP contribution in [-0.4, -0.2) is 23.8 Å². The number of hydrogen-bond acceptors (Lipinski definition) is 4. The minimum atomic E-state index is -4.48. The van der Waals surface area contributed by atoms with E-state index in [2.05, 4.69) is 10.2 Å². The fourth-order valence-electron chi connectivity index (χ4n) is 1.23. The molecule has 0 aromatic carbocycles. The highest BCUT2D eigenvalue weighted by molar-refractivity contribution is 5.36. The molecular formula is C10H11F3N4. The van der Waals surface area contributed by atoms with Crippen molar-refractivity contribution in [2.24, 2.45) is 5.92 Å². The molecule has 1 aromatic rings. The van der Waals surface area contributed by atoms with Crippen molar-refractivity contribution in [3.63, 3.8) is 0 Å². The van der Waals surface area contributed by atoms with Crippen LogP contribution in [0.4, 0.5) is 19.0 Å². The predicted molar refractivity (Wildman–Crippen MR) is 55.1 cm³/mol. The van der Waals surface area contributed by atoms with Gasteiger partial charge in [0.25, 0.3) is 0 Å². The lowest BCUT2D eigenvalue weighted by Crippen LogP contribution is -2.24. The summed E-state index contributed by atoms with van der Waals surface area (Å²) in [7, 11) is 1.64. The van der Waals surface area contributed by atoms with Gasteiger partial charge in [-0.1, -0.05) is 0 Å². The van der Waals surface area contributed by atoms with Crippen molar-refractivity contribution in [2.45, 2.75) is 13.1 Å². The second-order valence-electron chi connectivity index (χ2n) is 3.69. The first kappa shape index (κ1) is 13.2. The van der Waals surface area contributed by atoms with Crippen molar-refractivity contribution in [3.8, 4) is 6.07 Å². The van der Waals surface area contributed by atoms with E-state index in [0.29, 0.717) is 12.4 Å². The summed E-state index contributed by atoms with van der Waals surface area (Å²) >= 11 is 0. The van der Waals surface area contributed by atoms with E-state index in [9.17, 15) is 13.2 Å². The van der Waals surface area contributed by atoms with Crippen LogP contribution in [0.15, 0.2) is 12.1 Å². The van der Waals surface area contributed by atoms with Gasteiger partial charge in [-0.3, -0.25) is 0 Å². The lowest BCUT2D eigenvalue weighted by molar-refractivity contribution is -0.141. The summed E-state index contributed by atoms with van der Waals surface area (Å²) in [5.74, 6) is 0.0733. The van der Waals surface area contributed by atoms with E-state index in [1.54, 1.807) is 18.9 Å². The average Bonchev–Trinajstić information content (AvgIpc) is 2.27. The molecule has 4 nitrogen and oxygen atoms in total. The van der Waals surface area contributed by atoms with Gasteiger partial charge in [-0.05, 0) is 19.1 Å². The number of nitrogens with zero attached hydrogens (tertiary/aromatic N) is 4. The number of hydrogen-bond donors (Lipinski definition) is 0. The molecule has 0 spiro atoms. The molecule has 0 aliphatic heterocycles. The third-order valence-corrected chi connectivity index (χ3v) is 2.10. The van der Waals surface area contributed by atoms with Gasteiger partial charge >= 0.3 is 6.18 Å². The first-order valence-corrected chi connectivity index (χ1v) is 4.86. The predicted octanol–water partition coefficient (Wildman–Crippen LogP) is 2.09. The Morgan fingerprint density at radius 1 is 1.41 bits per heavy atom. The SMILES string of the molecule is CC(C#N)CN(C)c1ccc(C(F)(F)F)nn1. The van der Waals surface area contributed by atoms with E-state index >= 15 is 0 Å². The van der Waals surface area contributed by atoms with Gasteiger partial charge in [0, 0.05) is 13.6 Å². The minimum Gasteiger partial charge on any atom is -0.357 e. The molecule has 1 aromatic heterocycles. The van der Waals surface area contributed by atoms with Crippen molar-refractivity contribution in [2.75, 3.05) is 18.5 Å². The highest BCUT2D eigenvalue weighted by atomic mass is 19.4. The van der Waals surface area contributed by atoms with Gasteiger partial charge in [0.15, 0.2) is 11.5 Å². The fraction of sp³-hybridized carbons (Fsp3) is 0.500. The van der Waals surface area contributed by atoms with E-state index in [4.69, 9.17) is 5.26 Å². The normalized spacial score (nSPS) is 12.9. The van der Waals surface area contributed by atoms with Crippen LogP contribution in [0.25, 0.3) is 0 Å². The van der Waals surface area contributed by atoms with E-state index in [0.717, 1.165) is 6.07 Å². The topological polar surface area (TPSA) is 52.8 Å². The summed E-state index contributed by atoms with van der Waals surface area (Å²) in [5.41, 5.74) is -1.03. The number of anilines is 1. The monoisotopic (exact) mass is 244 g/mol. The molecule has 0 saturated carbocycles. The highest BCUT2D eigenvalue weighted by Crippen LogP contribution is 2.27. The van der Waals surface area contributed by atoms with Crippen molar-refractivity contribution in [1.29, 1.82) is 5.26 Å². The molecule has 0 bridgehead atoms. The lowest BCUT2D eigenvalue weighted by atomic mass is 10.2. The summed E-state index contributed by atoms with van der Waals surface area (Å²) in [6.45, 7) is 2.10. The molecule has 17 heavy (non-hydrogen) atoms. The molecule has 92 valence electrons. The first-order chi connectivity index (χ1) is 7.84. The smallest absolute Gasteiger partial charge is 0.357 e. The Balaban J connectivity index is 2.78. The standard InChI is InChI=1S/C10H11F3N4/c1-7(5-14)6-17(2)9-4-3-8(15-16-9)10(11,12)13/h3-4,7H,6H2,1-2H3. The van der Waals surface area contributed by atoms with Crippen molar-refractivity contribution < 1.29 is 13.2 Å². The zero-order valence-electron chi connectivity index (χ0n) is 9.36. The maximum Gasteiger partial charge on any atom is 0.435 e. The van der Waals surface area contributed by atoms with Gasteiger partial charge in [-0.15, -0.1) is 10.2 Å². The van der Waals surface area contributed by atoms with Gasteiger partial charge in [0.2, 0.25) is 0 Å². The van der Waals surface area contributed by atoms with Gasteiger partial charge < -0.3 is 4.90 Å². The van der Waals surface area contributed by atoms with E-state index < -0.39 is 11.9 Å². The number of nitriles is 1. The number of aromatic nitrogens is 2. The third kappa shape index (κ3) is 3.59. The minimum absolute atomic E-state index is 0.232. The molecule has 1 unspecified atom stereocenters. The maximum absolute atomic E-state index is 12.2. The molecule has 1 rings (SSSR count). The summed E-state index contributed by atoms with van der Waals surface area (Å²) in [5, 5.41) is 15.2. The van der Waals surface area contributed by atoms with Crippen LogP contribution in [-0.2, 0) is 6.18 Å². The summed E-state index contributed by atoms with van der Waals surface area (Å²) < 4.78 is 36.7. The zero-order valence-corrected chi connectivity index (χ0v) is 9.36. The Labute approximate surface area is 96.7 Å². The van der Waals surface area contributed by atoms with Crippen LogP contribution < -0.4 is 4.90 Å². The summed E-state index contributed by atoms with van der Waals surface area (Å²) in [6.07, 6.45) is -4.48. The average molecular weight is 244 g/mol. The molecule has 0 aliphatic rings. The number of alkyl halides is 3. The molecular weight excluding hydrogens is 233 g/mol. The van der Waals surface area contributed by atoms with E-state index in [1.807, 2.05) is 6.07 Å². The van der Waals surface area contributed by atoms with E-state index in [-0.39, 0.29) is 5.92 Å². The second kappa shape index (κ2) is 4.99. The maximum atomic E-state index is 12.2. The molecule has 0 saturated heterocycles. The molecule has 7 heteroatoms. The largest absolute Gasteiger partial charge is 0.435 e. The van der Waals surface area contributed by atoms with Gasteiger partial charge in [-0.25, -0.2) is 0 Å². The lowest BCUT2D eigenvalue weighted by Gasteiger charge is -2.18. The molecule has 1 atom stereocenters. The number of rotatable bonds is 3. The van der Waals surface area contributed by atoms with Crippen LogP contribution in [0.1, 0.15) is 12.6 Å². The Morgan fingerprint density at radius 3 is 2.47 bits per heavy atom. The summed E-state index contributed by atoms with van der Waals surface area (Å²) in [4.78, 5) is 1.58. The highest BCUT2D eigenvalue weighted by Gasteiger charge is 2.33. The van der Waals surface area contributed by atoms with Crippen molar-refractivity contribution in [3.05, 3.63) is 17.8 Å². The zero-order chi connectivity index (χ0) is 13.1. The molecule has 1 heterocycles. The molecule has 0 N–H and O–H groups in total. The van der Waals surface area contributed by atoms with Crippen LogP contribution in [0.3, 0.4) is 0 Å². The van der Waals surface area contributed by atoms with E-state index in [1.165, 1.54) is 6.07 Å². The second-order valence-corrected chi connectivity index (χ2v) is 3.69. The Bertz CT molecular complexity index is 407. The fourth-order valence-corrected chi connectivity index (χ4v) is 1.23. The Morgan fingerprint density at radius 2 is 2.06 bits per heavy atom. The van der Waals surface area contributed by atoms with Gasteiger partial charge in [0.1, 0.15) is 0 Å².